The molecule has 58 heavy (non-hydrogen) atoms. The number of anilines is 2. The Morgan fingerprint density at radius 3 is 2.31 bits per heavy atom. The molecule has 3 saturated heterocycles. The topological polar surface area (TPSA) is 115 Å². The average Bonchev–Trinajstić information content (AvgIpc) is 3.43. The van der Waals surface area contributed by atoms with E-state index in [0.717, 1.165) is 66.3 Å². The largest absolute Gasteiger partial charge is 0.368 e. The van der Waals surface area contributed by atoms with Crippen molar-refractivity contribution < 1.29 is 18.4 Å². The first-order valence-electron chi connectivity index (χ1n) is 19.9. The van der Waals surface area contributed by atoms with E-state index in [-0.39, 0.29) is 24.0 Å². The van der Waals surface area contributed by atoms with Crippen LogP contribution in [0, 0.1) is 23.0 Å². The molecule has 0 radical (unpaired) electrons. The Balaban J connectivity index is 0.840. The fourth-order valence-corrected chi connectivity index (χ4v) is 9.77. The number of nitriles is 1. The van der Waals surface area contributed by atoms with E-state index < -0.39 is 34.8 Å². The van der Waals surface area contributed by atoms with Crippen molar-refractivity contribution in [1.82, 2.24) is 19.8 Å². The number of carbonyl (C=O) groups excluding carboxylic acids is 2. The summed E-state index contributed by atoms with van der Waals surface area (Å²) in [4.78, 5) is 47.9. The lowest BCUT2D eigenvalue weighted by Gasteiger charge is -2.38. The lowest BCUT2D eigenvalue weighted by atomic mass is 9.83. The molecule has 296 valence electrons. The van der Waals surface area contributed by atoms with Crippen LogP contribution in [0.15, 0.2) is 71.5 Å². The molecule has 1 atom stereocenters. The monoisotopic (exact) mass is 801 g/mol. The Morgan fingerprint density at radius 2 is 1.60 bits per heavy atom. The number of rotatable bonds is 6. The first-order chi connectivity index (χ1) is 27.9. The summed E-state index contributed by atoms with van der Waals surface area (Å²) in [5, 5.41) is 13.2. The van der Waals surface area contributed by atoms with Gasteiger partial charge in [-0.2, -0.15) is 10.2 Å². The molecule has 2 amide bonds. The van der Waals surface area contributed by atoms with Crippen molar-refractivity contribution in [1.29, 1.82) is 5.26 Å². The SMILES string of the molecule is CC1(C)c2ccc(C3CCN(Cc4ccc(N5CCN(c6cc(F)c(C7CCC(=O)NC7=O)c(F)c6)CC5)c(C#N)c4)CC3)cc2-n2c1nc(=O)c1c(Cl)cccc12. The summed E-state index contributed by atoms with van der Waals surface area (Å²) in [6.45, 7) is 8.89. The number of nitrogens with one attached hydrogen (secondary N) is 1. The minimum atomic E-state index is -1.04. The van der Waals surface area contributed by atoms with Crippen molar-refractivity contribution in [2.24, 2.45) is 0 Å². The van der Waals surface area contributed by atoms with Gasteiger partial charge >= 0.3 is 0 Å². The summed E-state index contributed by atoms with van der Waals surface area (Å²) >= 11 is 6.50. The summed E-state index contributed by atoms with van der Waals surface area (Å²) in [5.74, 6) is -2.65. The number of nitrogens with zero attached hydrogens (tertiary/aromatic N) is 6. The number of carbonyl (C=O) groups is 2. The molecule has 0 aliphatic carbocycles. The van der Waals surface area contributed by atoms with E-state index in [4.69, 9.17) is 11.6 Å². The van der Waals surface area contributed by atoms with Crippen molar-refractivity contribution in [3.05, 3.63) is 127 Å². The van der Waals surface area contributed by atoms with Gasteiger partial charge in [0.25, 0.3) is 5.56 Å². The number of likely N-dealkylation sites (tertiary alicyclic amines) is 1. The van der Waals surface area contributed by atoms with Gasteiger partial charge in [0.05, 0.1) is 44.2 Å². The van der Waals surface area contributed by atoms with Crippen LogP contribution in [0.25, 0.3) is 16.6 Å². The Kier molecular flexibility index (Phi) is 9.56. The second kappa shape index (κ2) is 14.6. The van der Waals surface area contributed by atoms with Crippen molar-refractivity contribution >= 4 is 45.7 Å². The lowest BCUT2D eigenvalue weighted by molar-refractivity contribution is -0.134. The fourth-order valence-electron chi connectivity index (χ4n) is 9.52. The lowest BCUT2D eigenvalue weighted by Crippen LogP contribution is -2.47. The van der Waals surface area contributed by atoms with Crippen LogP contribution in [-0.2, 0) is 21.5 Å². The second-order valence-electron chi connectivity index (χ2n) is 16.4. The minimum Gasteiger partial charge on any atom is -0.368 e. The molecular weight excluding hydrogens is 760 g/mol. The molecule has 4 aliphatic rings. The zero-order valence-electron chi connectivity index (χ0n) is 32.3. The summed E-state index contributed by atoms with van der Waals surface area (Å²) in [5.41, 5.74) is 6.09. The average molecular weight is 802 g/mol. The molecule has 5 heterocycles. The van der Waals surface area contributed by atoms with Gasteiger partial charge in [-0.3, -0.25) is 29.2 Å². The van der Waals surface area contributed by atoms with Crippen LogP contribution in [0.4, 0.5) is 20.2 Å². The Labute approximate surface area is 339 Å². The number of piperidine rings is 2. The summed E-state index contributed by atoms with van der Waals surface area (Å²) in [6, 6.07) is 23.2. The molecule has 10 nitrogen and oxygen atoms in total. The maximum Gasteiger partial charge on any atom is 0.282 e. The molecule has 0 spiro atoms. The third-order valence-electron chi connectivity index (χ3n) is 12.6. The van der Waals surface area contributed by atoms with Gasteiger partial charge < -0.3 is 9.80 Å². The van der Waals surface area contributed by atoms with E-state index in [1.807, 2.05) is 29.2 Å². The molecule has 4 aliphatic heterocycles. The van der Waals surface area contributed by atoms with E-state index in [0.29, 0.717) is 53.8 Å². The van der Waals surface area contributed by atoms with Crippen LogP contribution in [0.2, 0.25) is 5.02 Å². The Bertz CT molecular complexity index is 2600. The van der Waals surface area contributed by atoms with Gasteiger partial charge in [0, 0.05) is 50.4 Å². The van der Waals surface area contributed by atoms with Crippen LogP contribution in [0.5, 0.6) is 0 Å². The van der Waals surface area contributed by atoms with E-state index in [1.165, 1.54) is 17.7 Å². The van der Waals surface area contributed by atoms with E-state index in [9.17, 15) is 19.6 Å². The highest BCUT2D eigenvalue weighted by molar-refractivity contribution is 6.35. The number of hydrogen-bond acceptors (Lipinski definition) is 8. The van der Waals surface area contributed by atoms with Crippen LogP contribution in [-0.4, -0.2) is 65.5 Å². The smallest absolute Gasteiger partial charge is 0.282 e. The number of aromatic nitrogens is 2. The number of fused-ring (bicyclic) bond motifs is 5. The second-order valence-corrected chi connectivity index (χ2v) is 16.8. The normalized spacial score (nSPS) is 19.6. The van der Waals surface area contributed by atoms with Crippen LogP contribution in [0.3, 0.4) is 0 Å². The van der Waals surface area contributed by atoms with Gasteiger partial charge in [-0.25, -0.2) is 8.78 Å². The molecule has 9 rings (SSSR count). The van der Waals surface area contributed by atoms with Gasteiger partial charge in [-0.05, 0) is 111 Å². The first kappa shape index (κ1) is 37.9. The zero-order valence-corrected chi connectivity index (χ0v) is 33.1. The predicted octanol–water partition coefficient (Wildman–Crippen LogP) is 7.05. The molecule has 13 heteroatoms. The summed E-state index contributed by atoms with van der Waals surface area (Å²) in [7, 11) is 0. The first-order valence-corrected chi connectivity index (χ1v) is 20.2. The van der Waals surface area contributed by atoms with Crippen molar-refractivity contribution in [2.75, 3.05) is 49.1 Å². The van der Waals surface area contributed by atoms with Crippen molar-refractivity contribution in [2.45, 2.75) is 63.3 Å². The van der Waals surface area contributed by atoms with Gasteiger partial charge in [0.2, 0.25) is 11.8 Å². The zero-order chi connectivity index (χ0) is 40.5. The van der Waals surface area contributed by atoms with E-state index >= 15 is 8.78 Å². The number of hydrogen-bond donors (Lipinski definition) is 1. The molecule has 4 aromatic carbocycles. The molecular formula is C45H42ClF2N7O3. The molecule has 5 aromatic rings. The van der Waals surface area contributed by atoms with Crippen molar-refractivity contribution in [3.63, 3.8) is 0 Å². The number of halogens is 3. The van der Waals surface area contributed by atoms with Gasteiger partial charge in [-0.15, -0.1) is 0 Å². The van der Waals surface area contributed by atoms with Crippen LogP contribution < -0.4 is 20.7 Å². The number of piperazine rings is 1. The highest BCUT2D eigenvalue weighted by atomic mass is 35.5. The van der Waals surface area contributed by atoms with E-state index in [2.05, 4.69) is 68.8 Å². The third kappa shape index (κ3) is 6.50. The fraction of sp³-hybridized carbons (Fsp3) is 0.356. The van der Waals surface area contributed by atoms with Gasteiger partial charge in [-0.1, -0.05) is 35.9 Å². The van der Waals surface area contributed by atoms with E-state index in [1.54, 1.807) is 6.07 Å². The molecule has 1 N–H and O–H groups in total. The third-order valence-corrected chi connectivity index (χ3v) is 13.0. The molecule has 0 bridgehead atoms. The highest BCUT2D eigenvalue weighted by Gasteiger charge is 2.39. The van der Waals surface area contributed by atoms with Crippen LogP contribution >= 0.6 is 11.6 Å². The maximum absolute atomic E-state index is 15.2. The number of imide groups is 1. The quantitative estimate of drug-likeness (QED) is 0.182. The molecule has 1 aromatic heterocycles. The highest BCUT2D eigenvalue weighted by Crippen LogP contribution is 2.45. The minimum absolute atomic E-state index is 0.0371. The van der Waals surface area contributed by atoms with Crippen LogP contribution in [0.1, 0.15) is 85.0 Å². The number of amides is 2. The molecule has 1 unspecified atom stereocenters. The molecule has 0 saturated carbocycles. The van der Waals surface area contributed by atoms with Crippen molar-refractivity contribution in [3.8, 4) is 11.8 Å². The number of benzene rings is 4. The van der Waals surface area contributed by atoms with Gasteiger partial charge in [0.15, 0.2) is 0 Å². The Morgan fingerprint density at radius 1 is 0.879 bits per heavy atom. The summed E-state index contributed by atoms with van der Waals surface area (Å²) in [6.07, 6.45) is 2.09. The maximum atomic E-state index is 15.2. The van der Waals surface area contributed by atoms with Gasteiger partial charge in [0.1, 0.15) is 23.5 Å². The summed E-state index contributed by atoms with van der Waals surface area (Å²) < 4.78 is 32.6. The standard InChI is InChI=1S/C45H42ClF2N7O3/c1-45(2)32-9-7-28(21-38(32)55-37-5-3-4-33(46)41(37)43(58)51-44(45)55)27-12-14-52(15-13-27)25-26-6-10-36(29(20-26)24-49)54-18-16-53(17-19-54)30-22-34(47)40(35(48)23-30)31-8-11-39(56)50-42(31)57/h3-7,9-10,20-23,27,31H,8,11-19,25H2,1-2H3,(H,50,56,57). The predicted molar refractivity (Wildman–Crippen MR) is 219 cm³/mol. The molecule has 3 fully saturated rings. The Hall–Kier alpha value is -5.64.